The number of fused-ring (bicyclic) bond motifs is 1. The van der Waals surface area contributed by atoms with Gasteiger partial charge in [-0.2, -0.15) is 5.10 Å². The van der Waals surface area contributed by atoms with Crippen molar-refractivity contribution < 1.29 is 18.7 Å². The van der Waals surface area contributed by atoms with Gasteiger partial charge in [0.25, 0.3) is 0 Å². The van der Waals surface area contributed by atoms with Gasteiger partial charge in [-0.15, -0.1) is 0 Å². The molecule has 116 valence electrons. The Bertz CT molecular complexity index is 916. The topological polar surface area (TPSA) is 73.6 Å². The highest BCUT2D eigenvalue weighted by molar-refractivity contribution is 6.01. The van der Waals surface area contributed by atoms with Gasteiger partial charge in [-0.3, -0.25) is 4.79 Å². The van der Waals surface area contributed by atoms with Gasteiger partial charge in [0.1, 0.15) is 5.82 Å². The maximum Gasteiger partial charge on any atom is 0.358 e. The summed E-state index contributed by atoms with van der Waals surface area (Å²) in [6.07, 6.45) is 1.39. The van der Waals surface area contributed by atoms with E-state index in [1.807, 2.05) is 0 Å². The van der Waals surface area contributed by atoms with Gasteiger partial charge < -0.3 is 4.74 Å². The number of Topliss-reactive ketones (excluding diaryl/α,β-unsaturated/α-hetero) is 1. The number of benzene rings is 1. The van der Waals surface area contributed by atoms with E-state index in [-0.39, 0.29) is 22.9 Å². The molecule has 0 atom stereocenters. The van der Waals surface area contributed by atoms with Crippen LogP contribution in [0.3, 0.4) is 0 Å². The van der Waals surface area contributed by atoms with Crippen molar-refractivity contribution in [1.82, 2.24) is 14.6 Å². The minimum atomic E-state index is -0.617. The third-order valence-electron chi connectivity index (χ3n) is 3.34. The molecule has 3 rings (SSSR count). The third kappa shape index (κ3) is 2.68. The maximum absolute atomic E-state index is 13.1. The van der Waals surface area contributed by atoms with E-state index in [0.29, 0.717) is 16.8 Å². The Morgan fingerprint density at radius 1 is 1.22 bits per heavy atom. The number of halogens is 1. The van der Waals surface area contributed by atoms with E-state index >= 15 is 0 Å². The van der Waals surface area contributed by atoms with Gasteiger partial charge in [0.2, 0.25) is 0 Å². The van der Waals surface area contributed by atoms with Gasteiger partial charge >= 0.3 is 5.97 Å². The molecule has 0 aliphatic carbocycles. The van der Waals surface area contributed by atoms with Crippen LogP contribution in [0.1, 0.15) is 27.8 Å². The summed E-state index contributed by atoms with van der Waals surface area (Å²) in [6, 6.07) is 7.31. The van der Waals surface area contributed by atoms with Crippen LogP contribution in [0.4, 0.5) is 4.39 Å². The first-order valence-corrected chi connectivity index (χ1v) is 6.75. The SMILES string of the molecule is COC(=O)c1cn2nc(-c3ccc(F)cc3)cc(C(C)=O)c2n1. The number of ether oxygens (including phenoxy) is 1. The molecule has 7 heteroatoms. The van der Waals surface area contributed by atoms with Crippen LogP contribution in [0.2, 0.25) is 0 Å². The van der Waals surface area contributed by atoms with E-state index in [9.17, 15) is 14.0 Å². The largest absolute Gasteiger partial charge is 0.464 e. The molecule has 0 saturated carbocycles. The van der Waals surface area contributed by atoms with E-state index < -0.39 is 5.97 Å². The number of ketones is 1. The van der Waals surface area contributed by atoms with Crippen molar-refractivity contribution in [1.29, 1.82) is 0 Å². The average Bonchev–Trinajstić information content (AvgIpc) is 2.97. The number of hydrogen-bond acceptors (Lipinski definition) is 5. The average molecular weight is 313 g/mol. The Balaban J connectivity index is 2.23. The van der Waals surface area contributed by atoms with Crippen LogP contribution in [0.15, 0.2) is 36.5 Å². The lowest BCUT2D eigenvalue weighted by Gasteiger charge is -2.05. The van der Waals surface area contributed by atoms with Gasteiger partial charge in [0.15, 0.2) is 17.1 Å². The third-order valence-corrected chi connectivity index (χ3v) is 3.34. The van der Waals surface area contributed by atoms with Gasteiger partial charge in [0.05, 0.1) is 24.6 Å². The summed E-state index contributed by atoms with van der Waals surface area (Å²) < 4.78 is 19.0. The van der Waals surface area contributed by atoms with Crippen molar-refractivity contribution in [3.8, 4) is 11.3 Å². The second-order valence-corrected chi connectivity index (χ2v) is 4.89. The minimum Gasteiger partial charge on any atom is -0.464 e. The monoisotopic (exact) mass is 313 g/mol. The molecule has 2 aromatic heterocycles. The van der Waals surface area contributed by atoms with Crippen LogP contribution in [0.25, 0.3) is 16.9 Å². The number of aromatic nitrogens is 3. The highest BCUT2D eigenvalue weighted by Crippen LogP contribution is 2.21. The summed E-state index contributed by atoms with van der Waals surface area (Å²) in [7, 11) is 1.25. The predicted octanol–water partition coefficient (Wildman–Crippen LogP) is 2.52. The van der Waals surface area contributed by atoms with Gasteiger partial charge in [-0.1, -0.05) is 0 Å². The zero-order valence-corrected chi connectivity index (χ0v) is 12.4. The number of nitrogens with zero attached hydrogens (tertiary/aromatic N) is 3. The Morgan fingerprint density at radius 2 is 1.91 bits per heavy atom. The standard InChI is InChI=1S/C16H12FN3O3/c1-9(21)12-7-13(10-3-5-11(17)6-4-10)19-20-8-14(16(22)23-2)18-15(12)20/h3-8H,1-2H3. The lowest BCUT2D eigenvalue weighted by molar-refractivity contribution is 0.0594. The highest BCUT2D eigenvalue weighted by Gasteiger charge is 2.17. The summed E-state index contributed by atoms with van der Waals surface area (Å²) in [6.45, 7) is 1.40. The zero-order chi connectivity index (χ0) is 16.6. The summed E-state index contributed by atoms with van der Waals surface area (Å²) in [5.41, 5.74) is 1.75. The minimum absolute atomic E-state index is 0.0544. The lowest BCUT2D eigenvalue weighted by Crippen LogP contribution is -2.02. The van der Waals surface area contributed by atoms with Crippen LogP contribution < -0.4 is 0 Å². The molecule has 6 nitrogen and oxygen atoms in total. The first kappa shape index (κ1) is 14.8. The second kappa shape index (κ2) is 5.60. The Morgan fingerprint density at radius 3 is 2.52 bits per heavy atom. The van der Waals surface area contributed by atoms with Crippen LogP contribution in [0.5, 0.6) is 0 Å². The van der Waals surface area contributed by atoms with Gasteiger partial charge in [0, 0.05) is 5.56 Å². The normalized spacial score (nSPS) is 10.7. The molecular formula is C16H12FN3O3. The fourth-order valence-electron chi connectivity index (χ4n) is 2.20. The van der Waals surface area contributed by atoms with E-state index in [1.54, 1.807) is 18.2 Å². The molecule has 0 aliphatic rings. The zero-order valence-electron chi connectivity index (χ0n) is 12.4. The molecule has 0 spiro atoms. The first-order valence-electron chi connectivity index (χ1n) is 6.75. The smallest absolute Gasteiger partial charge is 0.358 e. The fourth-order valence-corrected chi connectivity index (χ4v) is 2.20. The molecule has 0 saturated heterocycles. The first-order chi connectivity index (χ1) is 11.0. The van der Waals surface area contributed by atoms with E-state index in [2.05, 4.69) is 14.8 Å². The molecule has 0 radical (unpaired) electrons. The fraction of sp³-hybridized carbons (Fsp3) is 0.125. The summed E-state index contributed by atoms with van der Waals surface area (Å²) in [4.78, 5) is 27.6. The molecule has 3 aromatic rings. The molecule has 0 N–H and O–H groups in total. The predicted molar refractivity (Wildman–Crippen MR) is 79.7 cm³/mol. The molecule has 2 heterocycles. The van der Waals surface area contributed by atoms with Crippen molar-refractivity contribution in [3.63, 3.8) is 0 Å². The highest BCUT2D eigenvalue weighted by atomic mass is 19.1. The van der Waals surface area contributed by atoms with Crippen LogP contribution in [-0.2, 0) is 4.74 Å². The number of esters is 1. The Kier molecular flexibility index (Phi) is 3.61. The molecule has 0 aliphatic heterocycles. The van der Waals surface area contributed by atoms with Crippen molar-refractivity contribution in [2.75, 3.05) is 7.11 Å². The quantitative estimate of drug-likeness (QED) is 0.549. The van der Waals surface area contributed by atoms with Crippen LogP contribution >= 0.6 is 0 Å². The van der Waals surface area contributed by atoms with E-state index in [1.165, 1.54) is 36.9 Å². The van der Waals surface area contributed by atoms with Crippen molar-refractivity contribution >= 4 is 17.4 Å². The molecule has 0 amide bonds. The molecule has 0 fully saturated rings. The number of carbonyl (C=O) groups is 2. The van der Waals surface area contributed by atoms with Crippen LogP contribution in [0, 0.1) is 5.82 Å². The lowest BCUT2D eigenvalue weighted by atomic mass is 10.1. The Labute approximate surface area is 130 Å². The molecule has 1 aromatic carbocycles. The molecule has 0 bridgehead atoms. The van der Waals surface area contributed by atoms with Gasteiger partial charge in [-0.05, 0) is 37.3 Å². The second-order valence-electron chi connectivity index (χ2n) is 4.89. The summed E-state index contributed by atoms with van der Waals surface area (Å²) in [5, 5.41) is 4.33. The number of hydrogen-bond donors (Lipinski definition) is 0. The number of carbonyl (C=O) groups excluding carboxylic acids is 2. The van der Waals surface area contributed by atoms with E-state index in [0.717, 1.165) is 0 Å². The van der Waals surface area contributed by atoms with Crippen molar-refractivity contribution in [2.45, 2.75) is 6.92 Å². The van der Waals surface area contributed by atoms with Crippen molar-refractivity contribution in [3.05, 3.63) is 53.6 Å². The van der Waals surface area contributed by atoms with E-state index in [4.69, 9.17) is 0 Å². The van der Waals surface area contributed by atoms with Crippen molar-refractivity contribution in [2.24, 2.45) is 0 Å². The summed E-state index contributed by atoms with van der Waals surface area (Å²) in [5.74, 6) is -1.20. The Hall–Kier alpha value is -3.09. The van der Waals surface area contributed by atoms with Crippen LogP contribution in [-0.4, -0.2) is 33.5 Å². The summed E-state index contributed by atoms with van der Waals surface area (Å²) >= 11 is 0. The number of rotatable bonds is 3. The van der Waals surface area contributed by atoms with Gasteiger partial charge in [-0.25, -0.2) is 18.7 Å². The number of methoxy groups -OCH3 is 1. The molecule has 23 heavy (non-hydrogen) atoms. The number of imidazole rings is 1. The molecule has 0 unspecified atom stereocenters. The molecular weight excluding hydrogens is 301 g/mol. The maximum atomic E-state index is 13.1.